The van der Waals surface area contributed by atoms with E-state index < -0.39 is 72.7 Å². The van der Waals surface area contributed by atoms with E-state index in [1.165, 1.54) is 82.8 Å². The SMILES string of the molecule is CC(C(=O)Nc1cc(B(O)O)cc(N)n1)N(C)C(=O)OC(C)(C)C.CC(C(=O)Nc1cc(B(O)O)cc(NC(=O)c2ccc(Cl)cn2)n1)N(C)C(=O)OC(C)(C)C.O=C(Cl)c1ccc(Cl)cn1. The molecule has 0 aromatic carbocycles. The summed E-state index contributed by atoms with van der Waals surface area (Å²) in [5.74, 6) is -1.84. The van der Waals surface area contributed by atoms with E-state index in [4.69, 9.17) is 50.0 Å². The molecule has 0 bridgehead atoms. The van der Waals surface area contributed by atoms with Gasteiger partial charge in [0.25, 0.3) is 11.1 Å². The Labute approximate surface area is 401 Å². The number of likely N-dealkylation sites (N-methyl/N-ethyl adjacent to an activating group) is 2. The normalized spacial score (nSPS) is 11.7. The van der Waals surface area contributed by atoms with Crippen LogP contribution in [0, 0.1) is 0 Å². The van der Waals surface area contributed by atoms with Crippen LogP contribution in [-0.4, -0.2) is 137 Å². The molecule has 4 rings (SSSR count). The number of ether oxygens (including phenoxy) is 2. The number of nitrogens with zero attached hydrogens (tertiary/aromatic N) is 6. The summed E-state index contributed by atoms with van der Waals surface area (Å²) in [6.07, 6.45) is 1.33. The monoisotopic (exact) mass is 990 g/mol. The quantitative estimate of drug-likeness (QED) is 0.0791. The van der Waals surface area contributed by atoms with Crippen molar-refractivity contribution >= 4 is 118 Å². The lowest BCUT2D eigenvalue weighted by molar-refractivity contribution is -0.121. The van der Waals surface area contributed by atoms with Gasteiger partial charge in [-0.15, -0.1) is 0 Å². The van der Waals surface area contributed by atoms with Gasteiger partial charge in [-0.2, -0.15) is 0 Å². The summed E-state index contributed by atoms with van der Waals surface area (Å²) in [6, 6.07) is 9.13. The highest BCUT2D eigenvalue weighted by Gasteiger charge is 2.29. The fourth-order valence-electron chi connectivity index (χ4n) is 4.60. The van der Waals surface area contributed by atoms with Gasteiger partial charge < -0.3 is 51.3 Å². The maximum Gasteiger partial charge on any atom is 0.488 e. The lowest BCUT2D eigenvalue weighted by Gasteiger charge is -2.28. The first kappa shape index (κ1) is 57.0. The molecule has 0 aliphatic rings. The molecule has 2 unspecified atom stereocenters. The summed E-state index contributed by atoms with van der Waals surface area (Å²) < 4.78 is 10.4. The maximum atomic E-state index is 12.7. The number of aromatic nitrogens is 4. The number of pyridine rings is 4. The number of nitrogen functional groups attached to an aromatic ring is 1. The molecule has 0 radical (unpaired) electrons. The number of carbonyl (C=O) groups is 6. The lowest BCUT2D eigenvalue weighted by Crippen LogP contribution is -2.45. The van der Waals surface area contributed by atoms with Crippen molar-refractivity contribution in [2.45, 2.75) is 78.7 Å². The van der Waals surface area contributed by atoms with Crippen molar-refractivity contribution in [1.82, 2.24) is 29.7 Å². The van der Waals surface area contributed by atoms with Crippen molar-refractivity contribution in [2.24, 2.45) is 0 Å². The molecule has 360 valence electrons. The van der Waals surface area contributed by atoms with Crippen LogP contribution in [0.4, 0.5) is 32.9 Å². The van der Waals surface area contributed by atoms with E-state index >= 15 is 0 Å². The first-order chi connectivity index (χ1) is 30.9. The van der Waals surface area contributed by atoms with E-state index in [9.17, 15) is 48.9 Å². The minimum atomic E-state index is -1.89. The Morgan fingerprint density at radius 3 is 1.37 bits per heavy atom. The molecule has 2 atom stereocenters. The summed E-state index contributed by atoms with van der Waals surface area (Å²) in [6.45, 7) is 13.3. The van der Waals surface area contributed by atoms with E-state index in [-0.39, 0.29) is 45.6 Å². The molecule has 5 amide bonds. The Kier molecular flexibility index (Phi) is 21.4. The fourth-order valence-corrected chi connectivity index (χ4v) is 4.93. The first-order valence-corrected chi connectivity index (χ1v) is 20.8. The zero-order chi connectivity index (χ0) is 51.1. The summed E-state index contributed by atoms with van der Waals surface area (Å²) in [5.41, 5.74) is 4.46. The van der Waals surface area contributed by atoms with Crippen molar-refractivity contribution in [3.05, 3.63) is 82.4 Å². The summed E-state index contributed by atoms with van der Waals surface area (Å²) in [4.78, 5) is 89.7. The van der Waals surface area contributed by atoms with E-state index in [0.29, 0.717) is 10.0 Å². The van der Waals surface area contributed by atoms with Crippen LogP contribution >= 0.6 is 34.8 Å². The van der Waals surface area contributed by atoms with Gasteiger partial charge in [0, 0.05) is 26.5 Å². The molecule has 4 aromatic heterocycles. The van der Waals surface area contributed by atoms with Crippen LogP contribution in [-0.2, 0) is 19.1 Å². The van der Waals surface area contributed by atoms with Gasteiger partial charge in [0.2, 0.25) is 11.8 Å². The van der Waals surface area contributed by atoms with Crippen LogP contribution in [0.25, 0.3) is 0 Å². The minimum absolute atomic E-state index is 0.0176. The number of anilines is 4. The van der Waals surface area contributed by atoms with Crippen molar-refractivity contribution in [3.63, 3.8) is 0 Å². The highest BCUT2D eigenvalue weighted by molar-refractivity contribution is 6.67. The van der Waals surface area contributed by atoms with E-state index in [2.05, 4.69) is 35.9 Å². The van der Waals surface area contributed by atoms with Crippen LogP contribution in [0.15, 0.2) is 60.9 Å². The Balaban J connectivity index is 0.000000393. The molecule has 27 heteroatoms. The largest absolute Gasteiger partial charge is 0.488 e. The smallest absolute Gasteiger partial charge is 0.444 e. The molecule has 0 aliphatic heterocycles. The van der Waals surface area contributed by atoms with Gasteiger partial charge in [0.15, 0.2) is 0 Å². The zero-order valence-electron chi connectivity index (χ0n) is 38.0. The van der Waals surface area contributed by atoms with Crippen molar-refractivity contribution < 1.29 is 58.3 Å². The number of rotatable bonds is 11. The standard InChI is InChI=1S/C20H25BClN5O6.C14H23BN4O5.C6H3Cl2NO/c1-11(27(5)19(30)33-20(2,3)4)17(28)25-15-8-12(21(31)32)9-16(24-15)26-18(29)14-7-6-13(22)10-23-14;1-8(19(5)13(21)24-14(2,3)4)12(20)18-11-7-9(15(22)23)6-10(16)17-11;7-4-1-2-5(6(8)10)9-3-4/h6-11,31-32H,1-5H3,(H2,24,25,26,28,29);6-8,22-23H,1-5H3,(H3,16,17,18,20);1-3H. The molecule has 4 aromatic rings. The molecule has 9 N–H and O–H groups in total. The van der Waals surface area contributed by atoms with E-state index in [1.54, 1.807) is 47.6 Å². The Bertz CT molecular complexity index is 2370. The van der Waals surface area contributed by atoms with Crippen molar-refractivity contribution in [2.75, 3.05) is 35.8 Å². The van der Waals surface area contributed by atoms with E-state index in [1.807, 2.05) is 0 Å². The third-order valence-corrected chi connectivity index (χ3v) is 8.87. The second-order valence-electron chi connectivity index (χ2n) is 16.1. The number of nitrogens with one attached hydrogen (secondary N) is 3. The molecular weight excluding hydrogens is 940 g/mol. The Morgan fingerprint density at radius 1 is 0.642 bits per heavy atom. The van der Waals surface area contributed by atoms with Gasteiger partial charge >= 0.3 is 26.4 Å². The molecule has 4 heterocycles. The number of nitrogens with two attached hydrogens (primary N) is 1. The maximum absolute atomic E-state index is 12.7. The average molecular weight is 992 g/mol. The van der Waals surface area contributed by atoms with Crippen LogP contribution in [0.1, 0.15) is 76.4 Å². The molecule has 22 nitrogen and oxygen atoms in total. The molecule has 0 fully saturated rings. The Morgan fingerprint density at radius 2 is 1.01 bits per heavy atom. The van der Waals surface area contributed by atoms with Gasteiger partial charge in [0.1, 0.15) is 57.9 Å². The second-order valence-corrected chi connectivity index (χ2v) is 17.3. The van der Waals surface area contributed by atoms with Crippen LogP contribution in [0.5, 0.6) is 0 Å². The average Bonchev–Trinajstić information content (AvgIpc) is 3.21. The number of carbonyl (C=O) groups excluding carboxylic acids is 6. The third-order valence-electron chi connectivity index (χ3n) is 8.23. The zero-order valence-corrected chi connectivity index (χ0v) is 40.3. The van der Waals surface area contributed by atoms with Crippen LogP contribution in [0.3, 0.4) is 0 Å². The van der Waals surface area contributed by atoms with Crippen LogP contribution < -0.4 is 32.6 Å². The molecular formula is C40H51B2Cl3N10O12. The topological polar surface area (TPSA) is 322 Å². The minimum Gasteiger partial charge on any atom is -0.444 e. The number of halogens is 3. The van der Waals surface area contributed by atoms with Gasteiger partial charge in [-0.1, -0.05) is 23.2 Å². The predicted molar refractivity (Wildman–Crippen MR) is 253 cm³/mol. The van der Waals surface area contributed by atoms with Gasteiger partial charge in [0.05, 0.1) is 10.0 Å². The molecule has 0 aliphatic carbocycles. The molecule has 0 spiro atoms. The highest BCUT2D eigenvalue weighted by Crippen LogP contribution is 2.16. The fraction of sp³-hybridized carbons (Fsp3) is 0.350. The van der Waals surface area contributed by atoms with Crippen molar-refractivity contribution in [3.8, 4) is 0 Å². The second kappa shape index (κ2) is 25.1. The number of hydrogen-bond acceptors (Lipinski definition) is 17. The summed E-state index contributed by atoms with van der Waals surface area (Å²) in [5, 5.41) is 45.2. The van der Waals surface area contributed by atoms with E-state index in [0.717, 1.165) is 9.80 Å². The lowest BCUT2D eigenvalue weighted by atomic mass is 9.81. The van der Waals surface area contributed by atoms with Gasteiger partial charge in [-0.3, -0.25) is 34.0 Å². The highest BCUT2D eigenvalue weighted by atomic mass is 35.5. The predicted octanol–water partition coefficient (Wildman–Crippen LogP) is 2.91. The summed E-state index contributed by atoms with van der Waals surface area (Å²) in [7, 11) is -0.791. The molecule has 0 saturated carbocycles. The number of hydrogen-bond donors (Lipinski definition) is 8. The van der Waals surface area contributed by atoms with Gasteiger partial charge in [-0.05, 0) is 126 Å². The van der Waals surface area contributed by atoms with Crippen LogP contribution in [0.2, 0.25) is 10.0 Å². The van der Waals surface area contributed by atoms with Gasteiger partial charge in [-0.25, -0.2) is 24.5 Å². The molecule has 67 heavy (non-hydrogen) atoms. The summed E-state index contributed by atoms with van der Waals surface area (Å²) >= 11 is 16.4. The Hall–Kier alpha value is -6.14. The van der Waals surface area contributed by atoms with Crippen molar-refractivity contribution in [1.29, 1.82) is 0 Å². The first-order valence-electron chi connectivity index (χ1n) is 19.7. The number of amides is 5. The molecule has 0 saturated heterocycles. The third kappa shape index (κ3) is 20.1.